The Labute approximate surface area is 125 Å². The average Bonchev–Trinajstić information content (AvgIpc) is 2.53. The zero-order valence-corrected chi connectivity index (χ0v) is 11.6. The first-order valence-corrected chi connectivity index (χ1v) is 6.36. The number of aliphatic hydroxyl groups is 1. The molecule has 3 nitrogen and oxygen atoms in total. The van der Waals surface area contributed by atoms with Crippen LogP contribution in [0.1, 0.15) is 21.5 Å². The molecule has 2 aromatic carbocycles. The largest absolute Gasteiger partial charge is 0.465 e. The topological polar surface area (TPSA) is 46.5 Å². The van der Waals surface area contributed by atoms with Crippen LogP contribution in [0.25, 0.3) is 11.1 Å². The fraction of sp³-hybridized carbons (Fsp3) is 0.188. The lowest BCUT2D eigenvalue weighted by Gasteiger charge is -2.13. The zero-order valence-electron chi connectivity index (χ0n) is 11.6. The molecule has 2 aromatic rings. The maximum absolute atomic E-state index is 13.1. The van der Waals surface area contributed by atoms with Gasteiger partial charge >= 0.3 is 12.1 Å². The molecule has 1 N–H and O–H groups in total. The van der Waals surface area contributed by atoms with Crippen molar-refractivity contribution in [1.82, 2.24) is 0 Å². The van der Waals surface area contributed by atoms with Crippen LogP contribution in [0.2, 0.25) is 0 Å². The lowest BCUT2D eigenvalue weighted by Crippen LogP contribution is -2.14. The number of methoxy groups -OCH3 is 1. The van der Waals surface area contributed by atoms with Crippen molar-refractivity contribution < 1.29 is 27.8 Å². The van der Waals surface area contributed by atoms with Gasteiger partial charge in [0.05, 0.1) is 24.8 Å². The van der Waals surface area contributed by atoms with Gasteiger partial charge in [-0.1, -0.05) is 30.3 Å². The monoisotopic (exact) mass is 310 g/mol. The number of ether oxygens (including phenoxy) is 1. The summed E-state index contributed by atoms with van der Waals surface area (Å²) in [6.45, 7) is -0.143. The predicted molar refractivity (Wildman–Crippen MR) is 74.1 cm³/mol. The minimum atomic E-state index is -4.66. The van der Waals surface area contributed by atoms with E-state index in [-0.39, 0.29) is 6.61 Å². The third-order valence-corrected chi connectivity index (χ3v) is 3.20. The van der Waals surface area contributed by atoms with Crippen molar-refractivity contribution in [3.05, 3.63) is 59.2 Å². The number of carbonyl (C=O) groups is 1. The molecule has 0 atom stereocenters. The second-order valence-corrected chi connectivity index (χ2v) is 4.60. The maximum Gasteiger partial charge on any atom is 0.417 e. The number of rotatable bonds is 3. The lowest BCUT2D eigenvalue weighted by atomic mass is 9.98. The minimum Gasteiger partial charge on any atom is -0.465 e. The van der Waals surface area contributed by atoms with E-state index >= 15 is 0 Å². The van der Waals surface area contributed by atoms with E-state index < -0.39 is 23.3 Å². The summed E-state index contributed by atoms with van der Waals surface area (Å²) in [6, 6.07) is 9.91. The zero-order chi connectivity index (χ0) is 16.3. The molecule has 6 heteroatoms. The first kappa shape index (κ1) is 16.0. The van der Waals surface area contributed by atoms with Crippen LogP contribution in [-0.4, -0.2) is 18.2 Å². The summed E-state index contributed by atoms with van der Waals surface area (Å²) in [5, 5.41) is 8.97. The Bertz CT molecular complexity index is 676. The van der Waals surface area contributed by atoms with Crippen LogP contribution in [0.15, 0.2) is 42.5 Å². The maximum atomic E-state index is 13.1. The van der Waals surface area contributed by atoms with Crippen LogP contribution < -0.4 is 0 Å². The summed E-state index contributed by atoms with van der Waals surface area (Å²) in [5.41, 5.74) is -0.0247. The number of alkyl halides is 3. The normalized spacial score (nSPS) is 11.3. The fourth-order valence-corrected chi connectivity index (χ4v) is 2.05. The van der Waals surface area contributed by atoms with Crippen LogP contribution in [0.5, 0.6) is 0 Å². The summed E-state index contributed by atoms with van der Waals surface area (Å²) in [5.74, 6) is -1.03. The van der Waals surface area contributed by atoms with Gasteiger partial charge in [0.1, 0.15) is 0 Å². The molecule has 0 fully saturated rings. The molecule has 0 heterocycles. The number of carbonyl (C=O) groups excluding carboxylic acids is 1. The van der Waals surface area contributed by atoms with Gasteiger partial charge in [-0.05, 0) is 28.8 Å². The van der Waals surface area contributed by atoms with E-state index in [0.29, 0.717) is 16.7 Å². The van der Waals surface area contributed by atoms with Crippen molar-refractivity contribution >= 4 is 5.97 Å². The Morgan fingerprint density at radius 3 is 2.18 bits per heavy atom. The summed E-state index contributed by atoms with van der Waals surface area (Å²) >= 11 is 0. The number of hydrogen-bond acceptors (Lipinski definition) is 3. The van der Waals surface area contributed by atoms with Crippen LogP contribution >= 0.6 is 0 Å². The van der Waals surface area contributed by atoms with Crippen molar-refractivity contribution in [2.24, 2.45) is 0 Å². The number of halogens is 3. The van der Waals surface area contributed by atoms with E-state index in [1.807, 2.05) is 0 Å². The van der Waals surface area contributed by atoms with Crippen molar-refractivity contribution in [2.75, 3.05) is 7.11 Å². The van der Waals surface area contributed by atoms with Gasteiger partial charge in [-0.3, -0.25) is 0 Å². The van der Waals surface area contributed by atoms with Crippen molar-refractivity contribution in [3.63, 3.8) is 0 Å². The summed E-state index contributed by atoms with van der Waals surface area (Å²) in [6.07, 6.45) is -4.66. The molecule has 0 bridgehead atoms. The van der Waals surface area contributed by atoms with E-state index in [4.69, 9.17) is 5.11 Å². The highest BCUT2D eigenvalue weighted by Gasteiger charge is 2.35. The summed E-state index contributed by atoms with van der Waals surface area (Å²) in [7, 11) is 1.03. The SMILES string of the molecule is COC(=O)c1ccc(-c2ccc(CO)cc2)cc1C(F)(F)F. The smallest absolute Gasteiger partial charge is 0.417 e. The molecule has 0 amide bonds. The molecule has 22 heavy (non-hydrogen) atoms. The molecule has 0 spiro atoms. The quantitative estimate of drug-likeness (QED) is 0.880. The standard InChI is InChI=1S/C16H13F3O3/c1-22-15(21)13-7-6-12(8-14(13)16(17,18)19)11-4-2-10(9-20)3-5-11/h2-8,20H,9H2,1H3. The molecule has 0 radical (unpaired) electrons. The molecule has 0 saturated heterocycles. The van der Waals surface area contributed by atoms with E-state index in [1.165, 1.54) is 6.07 Å². The van der Waals surface area contributed by atoms with Gasteiger partial charge in [-0.2, -0.15) is 13.2 Å². The lowest BCUT2D eigenvalue weighted by molar-refractivity contribution is -0.138. The fourth-order valence-electron chi connectivity index (χ4n) is 2.05. The van der Waals surface area contributed by atoms with E-state index in [1.54, 1.807) is 24.3 Å². The Hall–Kier alpha value is -2.34. The molecule has 116 valence electrons. The molecular formula is C16H13F3O3. The third-order valence-electron chi connectivity index (χ3n) is 3.20. The Morgan fingerprint density at radius 2 is 1.68 bits per heavy atom. The molecule has 0 saturated carbocycles. The molecule has 0 aliphatic rings. The number of hydrogen-bond donors (Lipinski definition) is 1. The van der Waals surface area contributed by atoms with Gasteiger partial charge in [-0.15, -0.1) is 0 Å². The second-order valence-electron chi connectivity index (χ2n) is 4.60. The first-order valence-electron chi connectivity index (χ1n) is 6.36. The Morgan fingerprint density at radius 1 is 1.09 bits per heavy atom. The van der Waals surface area contributed by atoms with Gasteiger partial charge in [0.25, 0.3) is 0 Å². The summed E-state index contributed by atoms with van der Waals surface area (Å²) in [4.78, 5) is 11.5. The molecule has 0 aliphatic carbocycles. The van der Waals surface area contributed by atoms with E-state index in [0.717, 1.165) is 19.2 Å². The highest BCUT2D eigenvalue weighted by atomic mass is 19.4. The van der Waals surface area contributed by atoms with Gasteiger partial charge in [0, 0.05) is 0 Å². The predicted octanol–water partition coefficient (Wildman–Crippen LogP) is 3.65. The first-order chi connectivity index (χ1) is 10.4. The highest BCUT2D eigenvalue weighted by Crippen LogP contribution is 2.35. The molecule has 0 unspecified atom stereocenters. The van der Waals surface area contributed by atoms with Gasteiger partial charge in [-0.25, -0.2) is 4.79 Å². The van der Waals surface area contributed by atoms with Crippen LogP contribution in [0.4, 0.5) is 13.2 Å². The van der Waals surface area contributed by atoms with E-state index in [9.17, 15) is 18.0 Å². The number of benzene rings is 2. The Kier molecular flexibility index (Phi) is 4.51. The van der Waals surface area contributed by atoms with Crippen LogP contribution in [0, 0.1) is 0 Å². The minimum absolute atomic E-state index is 0.143. The average molecular weight is 310 g/mol. The van der Waals surface area contributed by atoms with Crippen molar-refractivity contribution in [1.29, 1.82) is 0 Å². The van der Waals surface area contributed by atoms with Crippen molar-refractivity contribution in [3.8, 4) is 11.1 Å². The van der Waals surface area contributed by atoms with Gasteiger partial charge < -0.3 is 9.84 Å². The second kappa shape index (κ2) is 6.19. The number of aliphatic hydroxyl groups excluding tert-OH is 1. The summed E-state index contributed by atoms with van der Waals surface area (Å²) < 4.78 is 43.7. The molecule has 0 aromatic heterocycles. The molecule has 2 rings (SSSR count). The van der Waals surface area contributed by atoms with Crippen LogP contribution in [-0.2, 0) is 17.5 Å². The number of esters is 1. The van der Waals surface area contributed by atoms with E-state index in [2.05, 4.69) is 4.74 Å². The third kappa shape index (κ3) is 3.28. The van der Waals surface area contributed by atoms with Crippen LogP contribution in [0.3, 0.4) is 0 Å². The van der Waals surface area contributed by atoms with Gasteiger partial charge in [0.2, 0.25) is 0 Å². The molecule has 0 aliphatic heterocycles. The van der Waals surface area contributed by atoms with Crippen molar-refractivity contribution in [2.45, 2.75) is 12.8 Å². The van der Waals surface area contributed by atoms with Gasteiger partial charge in [0.15, 0.2) is 0 Å². The highest BCUT2D eigenvalue weighted by molar-refractivity contribution is 5.92. The Balaban J connectivity index is 2.52. The molecular weight excluding hydrogens is 297 g/mol.